The molecular formula is C16H16N2S2. The molecule has 1 heterocycles. The quantitative estimate of drug-likeness (QED) is 0.655. The number of hydrogen-bond donors (Lipinski definition) is 0. The number of aromatic nitrogens is 1. The van der Waals surface area contributed by atoms with Crippen molar-refractivity contribution >= 4 is 33.8 Å². The Balaban J connectivity index is 1.83. The van der Waals surface area contributed by atoms with Gasteiger partial charge in [-0.3, -0.25) is 4.90 Å². The molecule has 3 rings (SSSR count). The topological polar surface area (TPSA) is 8.17 Å². The van der Waals surface area contributed by atoms with Crippen molar-refractivity contribution in [3.8, 4) is 0 Å². The van der Waals surface area contributed by atoms with Crippen LogP contribution in [0.1, 0.15) is 5.56 Å². The molecule has 0 saturated carbocycles. The number of thiazole rings is 1. The molecule has 1 aromatic heterocycles. The highest BCUT2D eigenvalue weighted by molar-refractivity contribution is 7.73. The summed E-state index contributed by atoms with van der Waals surface area (Å²) in [4.78, 5) is 2.28. The van der Waals surface area contributed by atoms with Crippen LogP contribution >= 0.6 is 23.6 Å². The van der Waals surface area contributed by atoms with Gasteiger partial charge in [-0.1, -0.05) is 42.5 Å². The number of hydrogen-bond acceptors (Lipinski definition) is 3. The summed E-state index contributed by atoms with van der Waals surface area (Å²) in [5.41, 5.74) is 2.54. The molecule has 0 spiro atoms. The lowest BCUT2D eigenvalue weighted by Gasteiger charge is -2.18. The second-order valence-corrected chi connectivity index (χ2v) is 6.58. The third-order valence-corrected chi connectivity index (χ3v) is 4.68. The zero-order chi connectivity index (χ0) is 13.9. The van der Waals surface area contributed by atoms with E-state index in [1.54, 1.807) is 11.3 Å². The highest BCUT2D eigenvalue weighted by Crippen LogP contribution is 2.23. The SMILES string of the molecule is CN(Cc1ccccc1)Cn1c(=S)sc2ccccc21. The van der Waals surface area contributed by atoms with Crippen molar-refractivity contribution in [1.82, 2.24) is 9.47 Å². The second kappa shape index (κ2) is 5.87. The Morgan fingerprint density at radius 1 is 1.05 bits per heavy atom. The van der Waals surface area contributed by atoms with Gasteiger partial charge in [0.1, 0.15) is 0 Å². The first kappa shape index (κ1) is 13.5. The largest absolute Gasteiger partial charge is 0.309 e. The van der Waals surface area contributed by atoms with Crippen LogP contribution in [0, 0.1) is 3.95 Å². The normalized spacial score (nSPS) is 11.3. The van der Waals surface area contributed by atoms with Crippen LogP contribution in [-0.2, 0) is 13.2 Å². The molecule has 2 aromatic carbocycles. The standard InChI is InChI=1S/C16H16N2S2/c1-17(11-13-7-3-2-4-8-13)12-18-14-9-5-6-10-15(14)20-16(18)19/h2-10H,11-12H2,1H3. The highest BCUT2D eigenvalue weighted by Gasteiger charge is 2.07. The Bertz CT molecular complexity index is 759. The number of nitrogens with zero attached hydrogens (tertiary/aromatic N) is 2. The van der Waals surface area contributed by atoms with E-state index in [0.717, 1.165) is 17.2 Å². The van der Waals surface area contributed by atoms with E-state index in [1.165, 1.54) is 15.8 Å². The molecule has 4 heteroatoms. The molecule has 2 nitrogen and oxygen atoms in total. The first-order valence-electron chi connectivity index (χ1n) is 6.55. The predicted octanol–water partition coefficient (Wildman–Crippen LogP) is 4.52. The third-order valence-electron chi connectivity index (χ3n) is 3.25. The van der Waals surface area contributed by atoms with Crippen LogP contribution in [0.25, 0.3) is 10.2 Å². The summed E-state index contributed by atoms with van der Waals surface area (Å²) in [6.07, 6.45) is 0. The van der Waals surface area contributed by atoms with Crippen LogP contribution in [0.4, 0.5) is 0 Å². The maximum atomic E-state index is 5.49. The monoisotopic (exact) mass is 300 g/mol. The van der Waals surface area contributed by atoms with Gasteiger partial charge in [0.2, 0.25) is 0 Å². The molecule has 0 aliphatic heterocycles. The fraction of sp³-hybridized carbons (Fsp3) is 0.188. The minimum atomic E-state index is 0.817. The Morgan fingerprint density at radius 2 is 1.75 bits per heavy atom. The molecule has 0 amide bonds. The summed E-state index contributed by atoms with van der Waals surface area (Å²) in [5.74, 6) is 0. The number of benzene rings is 2. The smallest absolute Gasteiger partial charge is 0.163 e. The summed E-state index contributed by atoms with van der Waals surface area (Å²) >= 11 is 7.17. The van der Waals surface area contributed by atoms with Gasteiger partial charge in [0.25, 0.3) is 0 Å². The molecule has 0 bridgehead atoms. The molecule has 0 atom stereocenters. The molecule has 0 unspecified atom stereocenters. The number of para-hydroxylation sites is 1. The van der Waals surface area contributed by atoms with Crippen LogP contribution < -0.4 is 0 Å². The van der Waals surface area contributed by atoms with Crippen molar-refractivity contribution in [2.45, 2.75) is 13.2 Å². The van der Waals surface area contributed by atoms with E-state index in [0.29, 0.717) is 0 Å². The number of fused-ring (bicyclic) bond motifs is 1. The molecule has 3 aromatic rings. The fourth-order valence-corrected chi connectivity index (χ4v) is 3.64. The first-order valence-corrected chi connectivity index (χ1v) is 7.77. The Hall–Kier alpha value is -1.49. The lowest BCUT2D eigenvalue weighted by molar-refractivity contribution is 0.264. The maximum Gasteiger partial charge on any atom is 0.163 e. The molecule has 0 N–H and O–H groups in total. The Kier molecular flexibility index (Phi) is 3.96. The summed E-state index contributed by atoms with van der Waals surface area (Å²) in [6.45, 7) is 1.74. The molecule has 0 radical (unpaired) electrons. The molecule has 0 aliphatic carbocycles. The van der Waals surface area contributed by atoms with Gasteiger partial charge < -0.3 is 4.57 Å². The van der Waals surface area contributed by atoms with Crippen molar-refractivity contribution in [2.75, 3.05) is 7.05 Å². The van der Waals surface area contributed by atoms with Crippen molar-refractivity contribution < 1.29 is 0 Å². The van der Waals surface area contributed by atoms with Gasteiger partial charge in [0.05, 0.1) is 16.9 Å². The molecule has 20 heavy (non-hydrogen) atoms. The maximum absolute atomic E-state index is 5.49. The summed E-state index contributed by atoms with van der Waals surface area (Å²) < 4.78 is 4.40. The van der Waals surface area contributed by atoms with Crippen molar-refractivity contribution in [1.29, 1.82) is 0 Å². The van der Waals surface area contributed by atoms with Crippen LogP contribution in [-0.4, -0.2) is 16.5 Å². The van der Waals surface area contributed by atoms with Crippen molar-refractivity contribution in [2.24, 2.45) is 0 Å². The third kappa shape index (κ3) is 2.82. The first-order chi connectivity index (χ1) is 9.74. The van der Waals surface area contributed by atoms with Gasteiger partial charge in [-0.25, -0.2) is 0 Å². The summed E-state index contributed by atoms with van der Waals surface area (Å²) in [7, 11) is 2.13. The average molecular weight is 300 g/mol. The molecular weight excluding hydrogens is 284 g/mol. The van der Waals surface area contributed by atoms with Gasteiger partial charge in [0, 0.05) is 6.54 Å². The van der Waals surface area contributed by atoms with E-state index in [1.807, 2.05) is 6.07 Å². The molecule has 102 valence electrons. The van der Waals surface area contributed by atoms with Crippen LogP contribution in [0.15, 0.2) is 54.6 Å². The van der Waals surface area contributed by atoms with Gasteiger partial charge in [-0.05, 0) is 37.0 Å². The van der Waals surface area contributed by atoms with Gasteiger partial charge in [-0.2, -0.15) is 0 Å². The van der Waals surface area contributed by atoms with Crippen LogP contribution in [0.5, 0.6) is 0 Å². The van der Waals surface area contributed by atoms with Gasteiger partial charge in [-0.15, -0.1) is 11.3 Å². The van der Waals surface area contributed by atoms with Gasteiger partial charge >= 0.3 is 0 Å². The summed E-state index contributed by atoms with van der Waals surface area (Å²) in [5, 5.41) is 0. The van der Waals surface area contributed by atoms with E-state index < -0.39 is 0 Å². The predicted molar refractivity (Wildman–Crippen MR) is 88.6 cm³/mol. The van der Waals surface area contributed by atoms with Crippen molar-refractivity contribution in [3.05, 3.63) is 64.1 Å². The van der Waals surface area contributed by atoms with E-state index >= 15 is 0 Å². The molecule has 0 saturated heterocycles. The van der Waals surface area contributed by atoms with Crippen LogP contribution in [0.3, 0.4) is 0 Å². The summed E-state index contributed by atoms with van der Waals surface area (Å²) in [6, 6.07) is 18.9. The van der Waals surface area contributed by atoms with Gasteiger partial charge in [0.15, 0.2) is 3.95 Å². The van der Waals surface area contributed by atoms with E-state index in [2.05, 4.69) is 65.0 Å². The number of rotatable bonds is 4. The minimum Gasteiger partial charge on any atom is -0.309 e. The zero-order valence-corrected chi connectivity index (χ0v) is 13.0. The van der Waals surface area contributed by atoms with Crippen LogP contribution in [0.2, 0.25) is 0 Å². The lowest BCUT2D eigenvalue weighted by Crippen LogP contribution is -2.21. The molecule has 0 aliphatic rings. The fourth-order valence-electron chi connectivity index (χ4n) is 2.33. The van der Waals surface area contributed by atoms with E-state index in [4.69, 9.17) is 12.2 Å². The highest BCUT2D eigenvalue weighted by atomic mass is 32.1. The Labute approximate surface area is 127 Å². The van der Waals surface area contributed by atoms with Crippen molar-refractivity contribution in [3.63, 3.8) is 0 Å². The zero-order valence-electron chi connectivity index (χ0n) is 11.3. The van der Waals surface area contributed by atoms with E-state index in [9.17, 15) is 0 Å². The second-order valence-electron chi connectivity index (χ2n) is 4.90. The lowest BCUT2D eigenvalue weighted by atomic mass is 10.2. The average Bonchev–Trinajstić information content (AvgIpc) is 2.76. The van der Waals surface area contributed by atoms with E-state index in [-0.39, 0.29) is 0 Å². The molecule has 0 fully saturated rings. The Morgan fingerprint density at radius 3 is 2.55 bits per heavy atom. The minimum absolute atomic E-state index is 0.817.